The van der Waals surface area contributed by atoms with Crippen molar-refractivity contribution in [3.63, 3.8) is 0 Å². The average Bonchev–Trinajstić information content (AvgIpc) is 3.22. The fourth-order valence-electron chi connectivity index (χ4n) is 3.30. The largest absolute Gasteiger partial charge is 0.429 e. The number of fused-ring (bicyclic) bond motifs is 2. The number of nitrogens with zero attached hydrogens (tertiary/aromatic N) is 2. The second kappa shape index (κ2) is 8.48. The van der Waals surface area contributed by atoms with Crippen LogP contribution in [-0.4, -0.2) is 21.7 Å². The number of aldehydes is 2. The van der Waals surface area contributed by atoms with Crippen molar-refractivity contribution in [1.82, 2.24) is 9.13 Å². The Morgan fingerprint density at radius 2 is 1.21 bits per heavy atom. The van der Waals surface area contributed by atoms with E-state index >= 15 is 0 Å². The molecule has 9 heteroatoms. The van der Waals surface area contributed by atoms with Gasteiger partial charge in [0.05, 0.1) is 21.8 Å². The summed E-state index contributed by atoms with van der Waals surface area (Å²) in [6.45, 7) is 0. The Labute approximate surface area is 180 Å². The van der Waals surface area contributed by atoms with Gasteiger partial charge in [-0.3, -0.25) is 9.13 Å². The number of hydrogen-bond acceptors (Lipinski definition) is 7. The summed E-state index contributed by atoms with van der Waals surface area (Å²) in [6, 6.07) is 14.9. The fourth-order valence-corrected chi connectivity index (χ4v) is 5.47. The quantitative estimate of drug-likeness (QED) is 0.249. The molecule has 0 bridgehead atoms. The zero-order valence-electron chi connectivity index (χ0n) is 15.1. The monoisotopic (exact) mass is 444 g/mol. The van der Waals surface area contributed by atoms with Gasteiger partial charge in [-0.1, -0.05) is 24.3 Å². The van der Waals surface area contributed by atoms with Crippen LogP contribution in [0.25, 0.3) is 22.2 Å². The third-order valence-electron chi connectivity index (χ3n) is 4.52. The molecule has 2 aromatic heterocycles. The molecular weight excluding hydrogens is 428 g/mol. The molecule has 0 saturated carbocycles. The first-order valence-corrected chi connectivity index (χ1v) is 10.6. The van der Waals surface area contributed by atoms with Crippen LogP contribution < -0.4 is 0 Å². The van der Waals surface area contributed by atoms with Crippen LogP contribution in [0, 0.1) is 9.67 Å². The second-order valence-electron chi connectivity index (χ2n) is 6.26. The first kappa shape index (κ1) is 19.8. The van der Waals surface area contributed by atoms with E-state index in [0.717, 1.165) is 23.6 Å². The number of para-hydroxylation sites is 4. The summed E-state index contributed by atoms with van der Waals surface area (Å²) < 4.78 is 15.0. The number of oxazole rings is 2. The zero-order chi connectivity index (χ0) is 20.4. The molecular formula is C20H16N2O4S3. The predicted molar refractivity (Wildman–Crippen MR) is 117 cm³/mol. The standard InChI is InChI=1S/C20H16N2O4S3/c23-11-9-17(21-13-5-1-3-7-15(13)25-19(21)27)29-18(10-12-24)22-14-6-2-4-8-16(14)26-20(22)28/h1-8,11-12,17-18H,9-10H2. The molecule has 6 nitrogen and oxygen atoms in total. The van der Waals surface area contributed by atoms with Crippen molar-refractivity contribution in [3.8, 4) is 0 Å². The molecule has 0 aliphatic rings. The van der Waals surface area contributed by atoms with Crippen LogP contribution in [0.4, 0.5) is 0 Å². The molecule has 2 heterocycles. The molecule has 0 fully saturated rings. The maximum absolute atomic E-state index is 11.5. The van der Waals surface area contributed by atoms with E-state index in [1.54, 1.807) is 0 Å². The molecule has 0 spiro atoms. The molecule has 0 radical (unpaired) electrons. The first-order valence-electron chi connectivity index (χ1n) is 8.87. The summed E-state index contributed by atoms with van der Waals surface area (Å²) in [5.74, 6) is 0. The molecule has 0 amide bonds. The molecule has 0 aliphatic heterocycles. The summed E-state index contributed by atoms with van der Waals surface area (Å²) in [7, 11) is 0. The van der Waals surface area contributed by atoms with E-state index in [2.05, 4.69) is 0 Å². The Hall–Kier alpha value is -2.49. The fraction of sp³-hybridized carbons (Fsp3) is 0.200. The smallest absolute Gasteiger partial charge is 0.270 e. The van der Waals surface area contributed by atoms with Crippen LogP contribution in [0.15, 0.2) is 57.4 Å². The van der Waals surface area contributed by atoms with E-state index < -0.39 is 0 Å². The summed E-state index contributed by atoms with van der Waals surface area (Å²) >= 11 is 12.3. The average molecular weight is 445 g/mol. The van der Waals surface area contributed by atoms with Gasteiger partial charge in [-0.05, 0) is 48.7 Å². The van der Waals surface area contributed by atoms with Crippen LogP contribution in [0.5, 0.6) is 0 Å². The van der Waals surface area contributed by atoms with E-state index in [0.29, 0.717) is 11.2 Å². The van der Waals surface area contributed by atoms with Crippen molar-refractivity contribution in [2.75, 3.05) is 0 Å². The Morgan fingerprint density at radius 1 is 0.793 bits per heavy atom. The van der Waals surface area contributed by atoms with Crippen molar-refractivity contribution >= 4 is 71.0 Å². The number of benzene rings is 2. The highest BCUT2D eigenvalue weighted by molar-refractivity contribution is 7.99. The summed E-state index contributed by atoms with van der Waals surface area (Å²) in [5.41, 5.74) is 2.88. The highest BCUT2D eigenvalue weighted by Crippen LogP contribution is 2.41. The SMILES string of the molecule is O=CCC(SC(CC=O)n1c(=S)oc2ccccc21)n1c(=S)oc2ccccc21. The van der Waals surface area contributed by atoms with E-state index in [4.69, 9.17) is 33.3 Å². The van der Waals surface area contributed by atoms with Crippen molar-refractivity contribution in [2.45, 2.75) is 23.6 Å². The van der Waals surface area contributed by atoms with Crippen LogP contribution in [0.1, 0.15) is 23.6 Å². The van der Waals surface area contributed by atoms with Crippen molar-refractivity contribution in [1.29, 1.82) is 0 Å². The van der Waals surface area contributed by atoms with Gasteiger partial charge >= 0.3 is 0 Å². The molecule has 148 valence electrons. The highest BCUT2D eigenvalue weighted by atomic mass is 32.2. The molecule has 4 aromatic rings. The maximum Gasteiger partial charge on any atom is 0.270 e. The normalized spacial score (nSPS) is 13.5. The summed E-state index contributed by atoms with van der Waals surface area (Å²) in [6.07, 6.45) is 2.07. The lowest BCUT2D eigenvalue weighted by molar-refractivity contribution is -0.108. The van der Waals surface area contributed by atoms with Gasteiger partial charge in [-0.2, -0.15) is 0 Å². The number of rotatable bonds is 8. The van der Waals surface area contributed by atoms with Gasteiger partial charge in [-0.25, -0.2) is 0 Å². The number of carbonyl (C=O) groups is 2. The predicted octanol–water partition coefficient (Wildman–Crippen LogP) is 5.85. The maximum atomic E-state index is 11.5. The van der Waals surface area contributed by atoms with Gasteiger partial charge < -0.3 is 18.4 Å². The van der Waals surface area contributed by atoms with E-state index in [9.17, 15) is 9.59 Å². The van der Waals surface area contributed by atoms with Gasteiger partial charge in [-0.15, -0.1) is 11.8 Å². The first-order chi connectivity index (χ1) is 14.1. The second-order valence-corrected chi connectivity index (χ2v) is 8.32. The third kappa shape index (κ3) is 3.73. The minimum Gasteiger partial charge on any atom is -0.429 e. The molecule has 0 saturated heterocycles. The summed E-state index contributed by atoms with van der Waals surface area (Å²) in [4.78, 5) is 23.5. The van der Waals surface area contributed by atoms with Gasteiger partial charge in [0.15, 0.2) is 11.2 Å². The third-order valence-corrected chi connectivity index (χ3v) is 6.52. The molecule has 2 aromatic carbocycles. The Kier molecular flexibility index (Phi) is 5.79. The number of carbonyl (C=O) groups excluding carboxylic acids is 2. The minimum atomic E-state index is -0.371. The van der Waals surface area contributed by atoms with Gasteiger partial charge in [0.1, 0.15) is 12.6 Å². The van der Waals surface area contributed by atoms with Gasteiger partial charge in [0, 0.05) is 12.8 Å². The lowest BCUT2D eigenvalue weighted by Gasteiger charge is -2.23. The molecule has 0 N–H and O–H groups in total. The summed E-state index contributed by atoms with van der Waals surface area (Å²) in [5, 5.41) is -0.742. The lowest BCUT2D eigenvalue weighted by Crippen LogP contribution is -2.13. The lowest BCUT2D eigenvalue weighted by atomic mass is 10.3. The van der Waals surface area contributed by atoms with E-state index in [1.165, 1.54) is 11.8 Å². The minimum absolute atomic E-state index is 0.195. The number of thioether (sulfide) groups is 1. The molecule has 0 aliphatic carbocycles. The topological polar surface area (TPSA) is 70.3 Å². The molecule has 2 unspecified atom stereocenters. The van der Waals surface area contributed by atoms with Crippen molar-refractivity contribution < 1.29 is 18.4 Å². The molecule has 29 heavy (non-hydrogen) atoms. The Bertz CT molecular complexity index is 1200. The van der Waals surface area contributed by atoms with E-state index in [1.807, 2.05) is 57.7 Å². The van der Waals surface area contributed by atoms with Crippen LogP contribution >= 0.6 is 36.2 Å². The molecule has 4 rings (SSSR count). The van der Waals surface area contributed by atoms with E-state index in [-0.39, 0.29) is 33.3 Å². The molecule has 2 atom stereocenters. The highest BCUT2D eigenvalue weighted by Gasteiger charge is 2.25. The van der Waals surface area contributed by atoms with Gasteiger partial charge in [0.25, 0.3) is 9.67 Å². The van der Waals surface area contributed by atoms with Crippen molar-refractivity contribution in [3.05, 3.63) is 58.2 Å². The van der Waals surface area contributed by atoms with Crippen molar-refractivity contribution in [2.24, 2.45) is 0 Å². The Morgan fingerprint density at radius 3 is 1.62 bits per heavy atom. The van der Waals surface area contributed by atoms with Crippen LogP contribution in [0.2, 0.25) is 0 Å². The Balaban J connectivity index is 1.81. The number of hydrogen-bond donors (Lipinski definition) is 0. The number of aromatic nitrogens is 2. The van der Waals surface area contributed by atoms with Crippen LogP contribution in [0.3, 0.4) is 0 Å². The van der Waals surface area contributed by atoms with Gasteiger partial charge in [0.2, 0.25) is 0 Å². The zero-order valence-corrected chi connectivity index (χ0v) is 17.5. The van der Waals surface area contributed by atoms with Crippen LogP contribution in [-0.2, 0) is 9.59 Å².